The highest BCUT2D eigenvalue weighted by Gasteiger charge is 2.29. The van der Waals surface area contributed by atoms with Crippen LogP contribution in [0.1, 0.15) is 16.8 Å². The summed E-state index contributed by atoms with van der Waals surface area (Å²) in [5.74, 6) is 0.825. The number of alkyl halides is 3. The molecule has 8 nitrogen and oxygen atoms in total. The molecule has 222 valence electrons. The van der Waals surface area contributed by atoms with Crippen LogP contribution in [0.3, 0.4) is 0 Å². The average molecular weight is 602 g/mol. The van der Waals surface area contributed by atoms with Gasteiger partial charge in [0.05, 0.1) is 18.4 Å². The Kier molecular flexibility index (Phi) is 9.03. The van der Waals surface area contributed by atoms with Crippen molar-refractivity contribution in [2.45, 2.75) is 12.6 Å². The van der Waals surface area contributed by atoms with E-state index >= 15 is 0 Å². The Balaban J connectivity index is 1.12. The number of ether oxygens (including phenoxy) is 2. The number of methoxy groups -OCH3 is 1. The van der Waals surface area contributed by atoms with E-state index in [1.807, 2.05) is 30.3 Å². The smallest absolute Gasteiger partial charge is 0.422 e. The summed E-state index contributed by atoms with van der Waals surface area (Å²) in [4.78, 5) is 29.9. The fourth-order valence-corrected chi connectivity index (χ4v) is 5.71. The van der Waals surface area contributed by atoms with Crippen LogP contribution in [0.25, 0.3) is 21.6 Å². The minimum absolute atomic E-state index is 0.135. The Labute approximate surface area is 244 Å². The zero-order valence-electron chi connectivity index (χ0n) is 22.9. The van der Waals surface area contributed by atoms with E-state index in [0.29, 0.717) is 52.7 Å². The number of nitrogens with zero attached hydrogens (tertiary/aromatic N) is 2. The minimum Gasteiger partial charge on any atom is -0.495 e. The SMILES string of the molecule is COc1ccc(OCC(F)(F)F)cc1N1CCN(CCCNC(=O)c2csc3c(=O)cc(-c4ccccc4)oc23)CC1. The van der Waals surface area contributed by atoms with E-state index in [1.165, 1.54) is 30.6 Å². The summed E-state index contributed by atoms with van der Waals surface area (Å²) in [6.07, 6.45) is -3.69. The third-order valence-electron chi connectivity index (χ3n) is 6.95. The van der Waals surface area contributed by atoms with Crippen LogP contribution in [0.5, 0.6) is 11.5 Å². The molecule has 0 saturated carbocycles. The van der Waals surface area contributed by atoms with Crippen molar-refractivity contribution in [3.05, 3.63) is 75.8 Å². The number of amides is 1. The number of carbonyl (C=O) groups is 1. The second-order valence-corrected chi connectivity index (χ2v) is 10.7. The van der Waals surface area contributed by atoms with E-state index in [1.54, 1.807) is 17.5 Å². The summed E-state index contributed by atoms with van der Waals surface area (Å²) >= 11 is 1.19. The lowest BCUT2D eigenvalue weighted by Crippen LogP contribution is -2.47. The van der Waals surface area contributed by atoms with Gasteiger partial charge in [0.1, 0.15) is 22.0 Å². The van der Waals surface area contributed by atoms with Crippen LogP contribution < -0.4 is 25.1 Å². The van der Waals surface area contributed by atoms with Crippen molar-refractivity contribution >= 4 is 33.2 Å². The zero-order chi connectivity index (χ0) is 29.7. The highest BCUT2D eigenvalue weighted by Crippen LogP contribution is 2.34. The fourth-order valence-electron chi connectivity index (χ4n) is 4.83. The quantitative estimate of drug-likeness (QED) is 0.243. The van der Waals surface area contributed by atoms with Crippen LogP contribution in [0.4, 0.5) is 18.9 Å². The number of hydrogen-bond acceptors (Lipinski definition) is 8. The second-order valence-electron chi connectivity index (χ2n) is 9.82. The Morgan fingerprint density at radius 1 is 1.07 bits per heavy atom. The predicted molar refractivity (Wildman–Crippen MR) is 156 cm³/mol. The van der Waals surface area contributed by atoms with Crippen LogP contribution in [-0.4, -0.2) is 70.0 Å². The number of piperazine rings is 1. The van der Waals surface area contributed by atoms with Crippen LogP contribution in [-0.2, 0) is 0 Å². The summed E-state index contributed by atoms with van der Waals surface area (Å²) < 4.78 is 54.5. The van der Waals surface area contributed by atoms with Crippen LogP contribution >= 0.6 is 11.3 Å². The molecule has 2 aromatic heterocycles. The van der Waals surface area contributed by atoms with E-state index in [-0.39, 0.29) is 17.1 Å². The van der Waals surface area contributed by atoms with Crippen molar-refractivity contribution in [1.29, 1.82) is 0 Å². The molecule has 0 atom stereocenters. The average Bonchev–Trinajstić information content (AvgIpc) is 3.43. The third kappa shape index (κ3) is 7.05. The Bertz CT molecular complexity index is 1580. The summed E-state index contributed by atoms with van der Waals surface area (Å²) in [7, 11) is 1.52. The van der Waals surface area contributed by atoms with Crippen molar-refractivity contribution in [2.24, 2.45) is 0 Å². The molecule has 0 spiro atoms. The molecule has 2 aromatic carbocycles. The highest BCUT2D eigenvalue weighted by atomic mass is 32.1. The number of anilines is 1. The first-order valence-electron chi connectivity index (χ1n) is 13.5. The van der Waals surface area contributed by atoms with Gasteiger partial charge >= 0.3 is 6.18 Å². The molecule has 1 N–H and O–H groups in total. The van der Waals surface area contributed by atoms with Gasteiger partial charge < -0.3 is 24.1 Å². The van der Waals surface area contributed by atoms with Crippen molar-refractivity contribution in [3.8, 4) is 22.8 Å². The van der Waals surface area contributed by atoms with E-state index in [2.05, 4.69) is 15.1 Å². The molecule has 4 aromatic rings. The molecule has 12 heteroatoms. The van der Waals surface area contributed by atoms with Gasteiger partial charge in [-0.05, 0) is 25.1 Å². The van der Waals surface area contributed by atoms with E-state index in [0.717, 1.165) is 31.6 Å². The summed E-state index contributed by atoms with van der Waals surface area (Å²) in [6.45, 7) is 2.67. The number of carbonyl (C=O) groups excluding carboxylic acids is 1. The second kappa shape index (κ2) is 12.9. The zero-order valence-corrected chi connectivity index (χ0v) is 23.7. The van der Waals surface area contributed by atoms with Crippen LogP contribution in [0.15, 0.2) is 69.2 Å². The van der Waals surface area contributed by atoms with Gasteiger partial charge in [0.2, 0.25) is 5.43 Å². The van der Waals surface area contributed by atoms with Gasteiger partial charge in [0.25, 0.3) is 5.91 Å². The summed E-state index contributed by atoms with van der Waals surface area (Å²) in [6, 6.07) is 15.4. The normalized spacial score (nSPS) is 14.2. The number of thiophene rings is 1. The maximum Gasteiger partial charge on any atom is 0.422 e. The first kappa shape index (κ1) is 29.5. The van der Waals surface area contributed by atoms with Gasteiger partial charge in [0.15, 0.2) is 12.2 Å². The summed E-state index contributed by atoms with van der Waals surface area (Å²) in [5, 5.41) is 4.58. The molecule has 0 unspecified atom stereocenters. The van der Waals surface area contributed by atoms with Gasteiger partial charge in [-0.1, -0.05) is 30.3 Å². The first-order chi connectivity index (χ1) is 20.2. The van der Waals surface area contributed by atoms with Crippen molar-refractivity contribution in [2.75, 3.05) is 57.9 Å². The fraction of sp³-hybridized carbons (Fsp3) is 0.333. The number of benzene rings is 2. The first-order valence-corrected chi connectivity index (χ1v) is 14.3. The lowest BCUT2D eigenvalue weighted by atomic mass is 10.1. The molecule has 5 rings (SSSR count). The lowest BCUT2D eigenvalue weighted by Gasteiger charge is -2.36. The molecule has 0 radical (unpaired) electrons. The summed E-state index contributed by atoms with van der Waals surface area (Å²) in [5.41, 5.74) is 1.90. The number of rotatable bonds is 10. The monoisotopic (exact) mass is 601 g/mol. The third-order valence-corrected chi connectivity index (χ3v) is 7.92. The Hall–Kier alpha value is -4.03. The topological polar surface area (TPSA) is 84.3 Å². The molecule has 1 fully saturated rings. The number of nitrogens with one attached hydrogen (secondary N) is 1. The van der Waals surface area contributed by atoms with Gasteiger partial charge in [-0.2, -0.15) is 13.2 Å². The van der Waals surface area contributed by atoms with E-state index in [9.17, 15) is 22.8 Å². The largest absolute Gasteiger partial charge is 0.495 e. The molecule has 0 bridgehead atoms. The molecular weight excluding hydrogens is 571 g/mol. The molecule has 1 amide bonds. The lowest BCUT2D eigenvalue weighted by molar-refractivity contribution is -0.153. The molecule has 3 heterocycles. The number of fused-ring (bicyclic) bond motifs is 1. The van der Waals surface area contributed by atoms with Gasteiger partial charge in [-0.3, -0.25) is 14.5 Å². The minimum atomic E-state index is -4.41. The molecule has 1 aliphatic rings. The Morgan fingerprint density at radius 3 is 2.55 bits per heavy atom. The molecule has 1 aliphatic heterocycles. The van der Waals surface area contributed by atoms with E-state index < -0.39 is 12.8 Å². The maximum absolute atomic E-state index is 12.9. The number of halogens is 3. The highest BCUT2D eigenvalue weighted by molar-refractivity contribution is 7.17. The molecule has 42 heavy (non-hydrogen) atoms. The van der Waals surface area contributed by atoms with Gasteiger partial charge in [-0.15, -0.1) is 11.3 Å². The predicted octanol–water partition coefficient (Wildman–Crippen LogP) is 5.41. The van der Waals surface area contributed by atoms with Crippen LogP contribution in [0, 0.1) is 0 Å². The van der Waals surface area contributed by atoms with Gasteiger partial charge in [0, 0.05) is 55.8 Å². The van der Waals surface area contributed by atoms with E-state index in [4.69, 9.17) is 13.9 Å². The van der Waals surface area contributed by atoms with Crippen molar-refractivity contribution in [1.82, 2.24) is 10.2 Å². The maximum atomic E-state index is 12.9. The van der Waals surface area contributed by atoms with Gasteiger partial charge in [-0.25, -0.2) is 0 Å². The Morgan fingerprint density at radius 2 is 1.83 bits per heavy atom. The molecule has 0 aliphatic carbocycles. The molecular formula is C30H30F3N3O5S. The van der Waals surface area contributed by atoms with Crippen LogP contribution in [0.2, 0.25) is 0 Å². The molecule has 1 saturated heterocycles. The number of hydrogen-bond donors (Lipinski definition) is 1. The van der Waals surface area contributed by atoms with Crippen molar-refractivity contribution in [3.63, 3.8) is 0 Å². The standard InChI is InChI=1S/C30H30F3N3O5S/c1-39-25-9-8-21(40-19-30(31,32)33)16-23(25)36-14-12-35(13-15-36)11-5-10-34-29(38)22-18-42-28-24(37)17-26(41-27(22)28)20-6-3-2-4-7-20/h2-4,6-9,16-18H,5,10-15,19H2,1H3,(H,34,38). The van der Waals surface area contributed by atoms with Crippen molar-refractivity contribution < 1.29 is 31.9 Å².